The summed E-state index contributed by atoms with van der Waals surface area (Å²) < 4.78 is 26.2. The van der Waals surface area contributed by atoms with Crippen molar-refractivity contribution < 1.29 is 18.8 Å². The van der Waals surface area contributed by atoms with Gasteiger partial charge in [-0.1, -0.05) is 30.3 Å². The van der Waals surface area contributed by atoms with Gasteiger partial charge in [0.05, 0.1) is 11.0 Å². The van der Waals surface area contributed by atoms with E-state index in [1.165, 1.54) is 24.3 Å². The van der Waals surface area contributed by atoms with E-state index >= 15 is 0 Å². The molecule has 40 heavy (non-hydrogen) atoms. The number of hydrogen-bond acceptors (Lipinski definition) is 6. The molecule has 2 aromatic heterocycles. The number of fused-ring (bicyclic) bond motifs is 2. The Morgan fingerprint density at radius 3 is 1.80 bits per heavy atom. The maximum absolute atomic E-state index is 13.0. The molecule has 0 aliphatic rings. The first-order chi connectivity index (χ1) is 19.2. The van der Waals surface area contributed by atoms with Gasteiger partial charge in [0.1, 0.15) is 11.6 Å². The molecule has 6 N–H and O–H groups in total. The van der Waals surface area contributed by atoms with Crippen LogP contribution in [0.15, 0.2) is 109 Å². The molecular weight excluding hydrogens is 624 g/mol. The number of nitrogens with two attached hydrogens (primary N) is 2. The topological polar surface area (TPSA) is 118 Å². The van der Waals surface area contributed by atoms with Crippen LogP contribution in [-0.2, 0) is 0 Å². The first-order valence-electron chi connectivity index (χ1n) is 12.0. The average molecular weight is 648 g/mol. The number of rotatable bonds is 2. The van der Waals surface area contributed by atoms with Crippen molar-refractivity contribution in [2.45, 2.75) is 0 Å². The number of halogens is 3. The van der Waals surface area contributed by atoms with Crippen molar-refractivity contribution in [1.82, 2.24) is 9.97 Å². The minimum Gasteiger partial charge on any atom is -0.423 e. The second-order valence-corrected chi connectivity index (χ2v) is 9.80. The predicted molar refractivity (Wildman–Crippen MR) is 167 cm³/mol. The summed E-state index contributed by atoms with van der Waals surface area (Å²) in [5, 5.41) is 19.8. The molecular formula is C30H24BF2IN4O2. The van der Waals surface area contributed by atoms with Crippen molar-refractivity contribution in [2.24, 2.45) is 0 Å². The first kappa shape index (κ1) is 28.9. The number of benzene rings is 4. The fraction of sp³-hybridized carbons (Fsp3) is 0. The van der Waals surface area contributed by atoms with Crippen LogP contribution in [0.4, 0.5) is 20.2 Å². The molecule has 0 aliphatic heterocycles. The fourth-order valence-corrected chi connectivity index (χ4v) is 4.14. The molecule has 0 fully saturated rings. The van der Waals surface area contributed by atoms with Crippen LogP contribution in [0.1, 0.15) is 0 Å². The minimum atomic E-state index is -1.41. The normalized spacial score (nSPS) is 10.3. The molecule has 200 valence electrons. The molecule has 0 saturated heterocycles. The molecule has 0 saturated carbocycles. The zero-order valence-electron chi connectivity index (χ0n) is 21.0. The molecule has 4 aromatic carbocycles. The van der Waals surface area contributed by atoms with Gasteiger partial charge in [-0.3, -0.25) is 9.97 Å². The zero-order chi connectivity index (χ0) is 28.6. The summed E-state index contributed by atoms with van der Waals surface area (Å²) in [5.41, 5.74) is 16.2. The van der Waals surface area contributed by atoms with Gasteiger partial charge in [-0.25, -0.2) is 8.78 Å². The van der Waals surface area contributed by atoms with E-state index < -0.39 is 7.12 Å². The maximum atomic E-state index is 13.0. The summed E-state index contributed by atoms with van der Waals surface area (Å²) in [7, 11) is -1.41. The Labute approximate surface area is 243 Å². The van der Waals surface area contributed by atoms with Crippen LogP contribution in [0.5, 0.6) is 0 Å². The second-order valence-electron chi connectivity index (χ2n) is 8.64. The minimum absolute atomic E-state index is 0.284. The third-order valence-electron chi connectivity index (χ3n) is 5.81. The predicted octanol–water partition coefficient (Wildman–Crippen LogP) is 5.55. The molecule has 6 aromatic rings. The molecule has 10 heteroatoms. The van der Waals surface area contributed by atoms with Crippen molar-refractivity contribution >= 4 is 68.4 Å². The molecule has 6 nitrogen and oxygen atoms in total. The smallest absolute Gasteiger partial charge is 0.423 e. The van der Waals surface area contributed by atoms with E-state index in [4.69, 9.17) is 21.5 Å². The third-order valence-corrected chi connectivity index (χ3v) is 6.79. The summed E-state index contributed by atoms with van der Waals surface area (Å²) in [6.07, 6.45) is 3.46. The highest BCUT2D eigenvalue weighted by molar-refractivity contribution is 14.1. The Bertz CT molecular complexity index is 1770. The molecule has 0 bridgehead atoms. The SMILES string of the molecule is Nc1cc(F)ccc1-c1ccc2ncccc2c1.Nc1cc(F)ccc1I.OB(O)c1ccc2ncccc2c1. The summed E-state index contributed by atoms with van der Waals surface area (Å²) in [6.45, 7) is 0. The second kappa shape index (κ2) is 13.3. The number of nitrogen functional groups attached to an aromatic ring is 2. The molecule has 0 amide bonds. The molecule has 0 unspecified atom stereocenters. The Kier molecular flexibility index (Phi) is 9.59. The van der Waals surface area contributed by atoms with Gasteiger partial charge in [0.15, 0.2) is 0 Å². The van der Waals surface area contributed by atoms with E-state index in [2.05, 4.69) is 9.97 Å². The van der Waals surface area contributed by atoms with Gasteiger partial charge in [-0.05, 0) is 106 Å². The monoisotopic (exact) mass is 648 g/mol. The van der Waals surface area contributed by atoms with E-state index in [1.54, 1.807) is 42.7 Å². The maximum Gasteiger partial charge on any atom is 0.488 e. The van der Waals surface area contributed by atoms with Crippen LogP contribution in [0, 0.1) is 15.2 Å². The summed E-state index contributed by atoms with van der Waals surface area (Å²) in [4.78, 5) is 8.38. The van der Waals surface area contributed by atoms with Gasteiger partial charge in [0.2, 0.25) is 0 Å². The summed E-state index contributed by atoms with van der Waals surface area (Å²) in [6, 6.07) is 27.4. The van der Waals surface area contributed by atoms with Crippen molar-refractivity contribution in [1.29, 1.82) is 0 Å². The average Bonchev–Trinajstić information content (AvgIpc) is 2.95. The van der Waals surface area contributed by atoms with E-state index in [9.17, 15) is 8.78 Å². The van der Waals surface area contributed by atoms with Crippen LogP contribution in [0.2, 0.25) is 0 Å². The zero-order valence-corrected chi connectivity index (χ0v) is 23.2. The van der Waals surface area contributed by atoms with E-state index in [0.717, 1.165) is 36.5 Å². The van der Waals surface area contributed by atoms with Crippen LogP contribution in [-0.4, -0.2) is 27.1 Å². The quantitative estimate of drug-likeness (QED) is 0.111. The number of aromatic nitrogens is 2. The van der Waals surface area contributed by atoms with Gasteiger partial charge in [-0.15, -0.1) is 0 Å². The summed E-state index contributed by atoms with van der Waals surface area (Å²) >= 11 is 2.05. The van der Waals surface area contributed by atoms with Gasteiger partial charge < -0.3 is 21.5 Å². The lowest BCUT2D eigenvalue weighted by molar-refractivity contribution is 0.426. The van der Waals surface area contributed by atoms with Crippen molar-refractivity contribution in [3.8, 4) is 11.1 Å². The lowest BCUT2D eigenvalue weighted by atomic mass is 9.80. The largest absolute Gasteiger partial charge is 0.488 e. The van der Waals surface area contributed by atoms with Gasteiger partial charge in [0.25, 0.3) is 0 Å². The highest BCUT2D eigenvalue weighted by Crippen LogP contribution is 2.28. The lowest BCUT2D eigenvalue weighted by Crippen LogP contribution is -2.29. The molecule has 0 spiro atoms. The number of nitrogens with zero attached hydrogens (tertiary/aromatic N) is 2. The van der Waals surface area contributed by atoms with Crippen LogP contribution in [0.25, 0.3) is 32.9 Å². The van der Waals surface area contributed by atoms with E-state index in [0.29, 0.717) is 16.8 Å². The fourth-order valence-electron chi connectivity index (χ4n) is 3.81. The Morgan fingerprint density at radius 2 is 1.23 bits per heavy atom. The van der Waals surface area contributed by atoms with E-state index in [-0.39, 0.29) is 11.6 Å². The van der Waals surface area contributed by atoms with Crippen LogP contribution in [0.3, 0.4) is 0 Å². The molecule has 0 radical (unpaired) electrons. The third kappa shape index (κ3) is 7.50. The van der Waals surface area contributed by atoms with Crippen molar-refractivity contribution in [3.05, 3.63) is 125 Å². The van der Waals surface area contributed by atoms with Gasteiger partial charge in [-0.2, -0.15) is 0 Å². The highest BCUT2D eigenvalue weighted by atomic mass is 127. The van der Waals surface area contributed by atoms with Crippen molar-refractivity contribution in [2.75, 3.05) is 11.5 Å². The Hall–Kier alpha value is -4.13. The summed E-state index contributed by atoms with van der Waals surface area (Å²) in [5.74, 6) is -0.605. The standard InChI is InChI=1S/C15H11FN2.C9H8BNO2.C6H5FIN/c16-12-4-5-13(14(17)9-12)10-3-6-15-11(8-10)2-1-7-18-15;12-10(13)8-3-4-9-7(6-8)2-1-5-11-9;7-4-1-2-5(8)6(9)3-4/h1-9H,17H2;1-6,12-13H;1-3H,9H2. The first-order valence-corrected chi connectivity index (χ1v) is 13.1. The van der Waals surface area contributed by atoms with Crippen LogP contribution >= 0.6 is 22.6 Å². The Balaban J connectivity index is 0.000000148. The number of pyridine rings is 2. The van der Waals surface area contributed by atoms with Gasteiger partial charge in [0, 0.05) is 38.3 Å². The molecule has 6 rings (SSSR count). The highest BCUT2D eigenvalue weighted by Gasteiger charge is 2.10. The molecule has 2 heterocycles. The van der Waals surface area contributed by atoms with Crippen LogP contribution < -0.4 is 16.9 Å². The van der Waals surface area contributed by atoms with Crippen molar-refractivity contribution in [3.63, 3.8) is 0 Å². The number of hydrogen-bond donors (Lipinski definition) is 4. The lowest BCUT2D eigenvalue weighted by Gasteiger charge is -2.07. The van der Waals surface area contributed by atoms with E-state index in [1.807, 2.05) is 65.1 Å². The van der Waals surface area contributed by atoms with Gasteiger partial charge >= 0.3 is 7.12 Å². The number of anilines is 2. The Morgan fingerprint density at radius 1 is 0.650 bits per heavy atom. The molecule has 0 atom stereocenters. The molecule has 0 aliphatic carbocycles.